The molecule has 15 heteroatoms. The number of hydrogen-bond donors (Lipinski definition) is 3. The summed E-state index contributed by atoms with van der Waals surface area (Å²) in [6.07, 6.45) is 1.23. The molecule has 3 N–H and O–H groups in total. The Hall–Kier alpha value is -3.17. The summed E-state index contributed by atoms with van der Waals surface area (Å²) in [7, 11) is 1.20. The molecule has 1 saturated heterocycles. The molecular weight excluding hydrogens is 563 g/mol. The number of hydrogen-bond acceptors (Lipinski definition) is 9. The van der Waals surface area contributed by atoms with E-state index in [1.807, 2.05) is 11.9 Å². The standard InChI is InChI=1S/C26H36F3N7O4S/c1-35-13-7-10-21(35)24(37)31-16-11-12-19(22(14-16)40-3)33-25-30-15-17(26(27,28)29)23(34-25)32-18-8-5-6-9-20(18)36(2)41(4,38)39/h11-12,14-15,18,20-21H,5-10,13H2,1-4H3,(H,31,37)(H2,30,32,33,34)/t18-,20-,21?/m1/s1. The molecule has 1 unspecified atom stereocenters. The van der Waals surface area contributed by atoms with Crippen molar-refractivity contribution in [2.45, 2.75) is 62.8 Å². The predicted molar refractivity (Wildman–Crippen MR) is 150 cm³/mol. The van der Waals surface area contributed by atoms with Gasteiger partial charge in [0.2, 0.25) is 21.9 Å². The third-order valence-corrected chi connectivity index (χ3v) is 8.99. The number of amides is 1. The topological polar surface area (TPSA) is 129 Å². The largest absolute Gasteiger partial charge is 0.494 e. The van der Waals surface area contributed by atoms with E-state index >= 15 is 0 Å². The molecule has 2 fully saturated rings. The third kappa shape index (κ3) is 7.38. The Kier molecular flexibility index (Phi) is 9.29. The van der Waals surface area contributed by atoms with Gasteiger partial charge in [-0.15, -0.1) is 0 Å². The van der Waals surface area contributed by atoms with Crippen molar-refractivity contribution in [3.05, 3.63) is 30.0 Å². The number of anilines is 4. The molecule has 1 amide bonds. The van der Waals surface area contributed by atoms with Gasteiger partial charge in [0.1, 0.15) is 17.1 Å². The Labute approximate surface area is 237 Å². The summed E-state index contributed by atoms with van der Waals surface area (Å²) in [6.45, 7) is 0.851. The van der Waals surface area contributed by atoms with Crippen molar-refractivity contribution in [3.8, 4) is 5.75 Å². The van der Waals surface area contributed by atoms with Crippen LogP contribution in [0.3, 0.4) is 0 Å². The van der Waals surface area contributed by atoms with E-state index in [-0.39, 0.29) is 17.9 Å². The van der Waals surface area contributed by atoms with Crippen LogP contribution < -0.4 is 20.7 Å². The molecule has 11 nitrogen and oxygen atoms in total. The summed E-state index contributed by atoms with van der Waals surface area (Å²) in [5.74, 6) is -0.371. The zero-order chi connectivity index (χ0) is 29.9. The SMILES string of the molecule is COc1cc(NC(=O)C2CCCN2C)ccc1Nc1ncc(C(F)(F)F)c(N[C@@H]2CCCC[C@H]2N(C)S(C)(=O)=O)n1. The number of benzene rings is 1. The van der Waals surface area contributed by atoms with Crippen molar-refractivity contribution >= 4 is 39.1 Å². The summed E-state index contributed by atoms with van der Waals surface area (Å²) >= 11 is 0. The van der Waals surface area contributed by atoms with Crippen LogP contribution in [0.1, 0.15) is 44.1 Å². The molecule has 1 aromatic heterocycles. The predicted octanol–water partition coefficient (Wildman–Crippen LogP) is 3.89. The van der Waals surface area contributed by atoms with Crippen LogP contribution in [0.25, 0.3) is 0 Å². The fourth-order valence-electron chi connectivity index (χ4n) is 5.36. The van der Waals surface area contributed by atoms with E-state index < -0.39 is 39.7 Å². The zero-order valence-electron chi connectivity index (χ0n) is 23.5. The van der Waals surface area contributed by atoms with Gasteiger partial charge in [0.05, 0.1) is 25.1 Å². The number of carbonyl (C=O) groups excluding carboxylic acids is 1. The Morgan fingerprint density at radius 2 is 1.90 bits per heavy atom. The molecule has 3 atom stereocenters. The van der Waals surface area contributed by atoms with Crippen molar-refractivity contribution < 1.29 is 31.1 Å². The second-order valence-electron chi connectivity index (χ2n) is 10.5. The van der Waals surface area contributed by atoms with Crippen LogP contribution in [0.4, 0.5) is 36.3 Å². The molecule has 2 heterocycles. The van der Waals surface area contributed by atoms with Crippen LogP contribution >= 0.6 is 0 Å². The van der Waals surface area contributed by atoms with Crippen molar-refractivity contribution in [3.63, 3.8) is 0 Å². The molecule has 41 heavy (non-hydrogen) atoms. The first-order valence-corrected chi connectivity index (χ1v) is 15.2. The number of nitrogens with zero attached hydrogens (tertiary/aromatic N) is 4. The smallest absolute Gasteiger partial charge is 0.421 e. The van der Waals surface area contributed by atoms with Gasteiger partial charge in [-0.05, 0) is 51.4 Å². The summed E-state index contributed by atoms with van der Waals surface area (Å²) in [6, 6.07) is 3.54. The minimum absolute atomic E-state index is 0.119. The van der Waals surface area contributed by atoms with E-state index in [1.54, 1.807) is 18.2 Å². The maximum absolute atomic E-state index is 13.9. The van der Waals surface area contributed by atoms with Crippen molar-refractivity contribution in [2.24, 2.45) is 0 Å². The van der Waals surface area contributed by atoms with E-state index in [0.717, 1.165) is 38.5 Å². The highest BCUT2D eigenvalue weighted by Crippen LogP contribution is 2.37. The molecule has 226 valence electrons. The van der Waals surface area contributed by atoms with E-state index in [0.29, 0.717) is 36.2 Å². The van der Waals surface area contributed by atoms with E-state index in [4.69, 9.17) is 4.74 Å². The lowest BCUT2D eigenvalue weighted by molar-refractivity contribution is -0.137. The number of nitrogens with one attached hydrogen (secondary N) is 3. The van der Waals surface area contributed by atoms with Gasteiger partial charge in [0.15, 0.2) is 0 Å². The molecule has 1 aliphatic carbocycles. The van der Waals surface area contributed by atoms with Crippen molar-refractivity contribution in [1.29, 1.82) is 0 Å². The van der Waals surface area contributed by atoms with Crippen LogP contribution in [-0.4, -0.2) is 85.6 Å². The van der Waals surface area contributed by atoms with Crippen LogP contribution in [0.15, 0.2) is 24.4 Å². The highest BCUT2D eigenvalue weighted by molar-refractivity contribution is 7.88. The van der Waals surface area contributed by atoms with Gasteiger partial charge in [-0.25, -0.2) is 17.7 Å². The van der Waals surface area contributed by atoms with Gasteiger partial charge in [0, 0.05) is 37.1 Å². The lowest BCUT2D eigenvalue weighted by Gasteiger charge is -2.37. The van der Waals surface area contributed by atoms with Gasteiger partial charge in [-0.3, -0.25) is 9.69 Å². The Bertz CT molecular complexity index is 1360. The van der Waals surface area contributed by atoms with Crippen molar-refractivity contribution in [2.75, 3.05) is 50.0 Å². The number of rotatable bonds is 9. The number of halogens is 3. The number of methoxy groups -OCH3 is 1. The van der Waals surface area contributed by atoms with E-state index in [2.05, 4.69) is 25.9 Å². The second-order valence-corrected chi connectivity index (χ2v) is 12.5. The van der Waals surface area contributed by atoms with Gasteiger partial charge in [-0.2, -0.15) is 18.2 Å². The second kappa shape index (κ2) is 12.4. The molecule has 4 rings (SSSR count). The van der Waals surface area contributed by atoms with Crippen LogP contribution in [0.5, 0.6) is 5.75 Å². The zero-order valence-corrected chi connectivity index (χ0v) is 24.3. The number of alkyl halides is 3. The lowest BCUT2D eigenvalue weighted by atomic mass is 9.90. The Morgan fingerprint density at radius 1 is 1.17 bits per heavy atom. The van der Waals surface area contributed by atoms with E-state index in [9.17, 15) is 26.4 Å². The average molecular weight is 600 g/mol. The highest BCUT2D eigenvalue weighted by Gasteiger charge is 2.38. The summed E-state index contributed by atoms with van der Waals surface area (Å²) < 4.78 is 72.7. The van der Waals surface area contributed by atoms with Gasteiger partial charge < -0.3 is 20.7 Å². The molecule has 0 spiro atoms. The third-order valence-electron chi connectivity index (χ3n) is 7.67. The average Bonchev–Trinajstić information content (AvgIpc) is 3.34. The number of ether oxygens (including phenoxy) is 1. The number of carbonyl (C=O) groups is 1. The number of likely N-dealkylation sites (tertiary alicyclic amines) is 1. The first-order chi connectivity index (χ1) is 19.3. The van der Waals surface area contributed by atoms with Gasteiger partial charge in [-0.1, -0.05) is 12.8 Å². The maximum Gasteiger partial charge on any atom is 0.421 e. The van der Waals surface area contributed by atoms with Crippen molar-refractivity contribution in [1.82, 2.24) is 19.2 Å². The minimum atomic E-state index is -4.74. The first kappa shape index (κ1) is 30.8. The molecule has 1 aliphatic heterocycles. The molecular formula is C26H36F3N7O4S. The number of aromatic nitrogens is 2. The minimum Gasteiger partial charge on any atom is -0.494 e. The highest BCUT2D eigenvalue weighted by atomic mass is 32.2. The van der Waals surface area contributed by atoms with Gasteiger partial charge >= 0.3 is 6.18 Å². The number of likely N-dealkylation sites (N-methyl/N-ethyl adjacent to an activating group) is 2. The first-order valence-electron chi connectivity index (χ1n) is 13.4. The lowest BCUT2D eigenvalue weighted by Crippen LogP contribution is -2.49. The van der Waals surface area contributed by atoms with Crippen LogP contribution in [0, 0.1) is 0 Å². The maximum atomic E-state index is 13.9. The fourth-order valence-corrected chi connectivity index (χ4v) is 6.10. The van der Waals surface area contributed by atoms with Crippen LogP contribution in [0.2, 0.25) is 0 Å². The summed E-state index contributed by atoms with van der Waals surface area (Å²) in [4.78, 5) is 22.7. The fraction of sp³-hybridized carbons (Fsp3) is 0.577. The normalized spacial score (nSPS) is 22.0. The molecule has 2 aliphatic rings. The van der Waals surface area contributed by atoms with Gasteiger partial charge in [0.25, 0.3) is 0 Å². The quantitative estimate of drug-likeness (QED) is 0.393. The molecule has 1 aromatic carbocycles. The molecule has 0 radical (unpaired) electrons. The van der Waals surface area contributed by atoms with Crippen LogP contribution in [-0.2, 0) is 21.0 Å². The Morgan fingerprint density at radius 3 is 2.54 bits per heavy atom. The summed E-state index contributed by atoms with van der Waals surface area (Å²) in [5.41, 5.74) is -0.176. The Balaban J connectivity index is 1.57. The molecule has 0 bridgehead atoms. The van der Waals surface area contributed by atoms with E-state index in [1.165, 1.54) is 18.5 Å². The summed E-state index contributed by atoms with van der Waals surface area (Å²) in [5, 5.41) is 8.65. The monoisotopic (exact) mass is 599 g/mol. The number of sulfonamides is 1. The molecule has 2 aromatic rings. The molecule has 1 saturated carbocycles.